The largest absolute Gasteiger partial charge is 0.496 e. The number of piperidine rings is 1. The Morgan fingerprint density at radius 3 is 2.36 bits per heavy atom. The molecule has 25 heavy (non-hydrogen) atoms. The molecule has 140 valence electrons. The van der Waals surface area contributed by atoms with E-state index in [0.29, 0.717) is 18.8 Å². The summed E-state index contributed by atoms with van der Waals surface area (Å²) in [6.07, 6.45) is 2.79. The van der Waals surface area contributed by atoms with Crippen LogP contribution in [0.25, 0.3) is 0 Å². The normalized spacial score (nSPS) is 17.3. The average molecular weight is 368 g/mol. The average Bonchev–Trinajstić information content (AvgIpc) is 2.61. The predicted molar refractivity (Wildman–Crippen MR) is 97.4 cm³/mol. The van der Waals surface area contributed by atoms with Gasteiger partial charge in [-0.05, 0) is 43.9 Å². The molecular formula is C18H28N2O4S. The summed E-state index contributed by atoms with van der Waals surface area (Å²) >= 11 is 0. The zero-order valence-corrected chi connectivity index (χ0v) is 16.2. The maximum atomic E-state index is 12.8. The minimum absolute atomic E-state index is 0.0282. The van der Waals surface area contributed by atoms with Crippen LogP contribution in [-0.4, -0.2) is 44.9 Å². The number of ether oxygens (including phenoxy) is 1. The van der Waals surface area contributed by atoms with Gasteiger partial charge >= 0.3 is 0 Å². The second-order valence-electron chi connectivity index (χ2n) is 6.83. The van der Waals surface area contributed by atoms with Crippen molar-refractivity contribution in [3.63, 3.8) is 0 Å². The quantitative estimate of drug-likeness (QED) is 0.837. The third-order valence-electron chi connectivity index (χ3n) is 4.73. The van der Waals surface area contributed by atoms with E-state index in [4.69, 9.17) is 4.74 Å². The maximum absolute atomic E-state index is 12.8. The summed E-state index contributed by atoms with van der Waals surface area (Å²) in [6, 6.07) is 4.45. The van der Waals surface area contributed by atoms with Crippen molar-refractivity contribution in [1.82, 2.24) is 9.62 Å². The van der Waals surface area contributed by atoms with Gasteiger partial charge in [0.25, 0.3) is 5.91 Å². The molecule has 0 saturated carbocycles. The van der Waals surface area contributed by atoms with E-state index in [9.17, 15) is 13.2 Å². The van der Waals surface area contributed by atoms with E-state index in [2.05, 4.69) is 5.32 Å². The molecule has 1 aliphatic heterocycles. The number of sulfonamides is 1. The summed E-state index contributed by atoms with van der Waals surface area (Å²) in [5.74, 6) is 0.315. The lowest BCUT2D eigenvalue weighted by Gasteiger charge is -2.26. The number of nitrogens with one attached hydrogen (secondary N) is 1. The second-order valence-corrected chi connectivity index (χ2v) is 8.77. The van der Waals surface area contributed by atoms with Gasteiger partial charge in [-0.2, -0.15) is 4.31 Å². The van der Waals surface area contributed by atoms with Gasteiger partial charge in [0.05, 0.1) is 17.6 Å². The van der Waals surface area contributed by atoms with Gasteiger partial charge in [-0.25, -0.2) is 8.42 Å². The Balaban J connectivity index is 2.34. The van der Waals surface area contributed by atoms with Crippen LogP contribution in [0.3, 0.4) is 0 Å². The molecule has 6 nitrogen and oxygen atoms in total. The van der Waals surface area contributed by atoms with E-state index >= 15 is 0 Å². The van der Waals surface area contributed by atoms with Gasteiger partial charge in [-0.1, -0.05) is 20.3 Å². The first-order valence-electron chi connectivity index (χ1n) is 8.76. The Kier molecular flexibility index (Phi) is 6.46. The van der Waals surface area contributed by atoms with Gasteiger partial charge in [0.1, 0.15) is 5.75 Å². The summed E-state index contributed by atoms with van der Waals surface area (Å²) in [6.45, 7) is 7.00. The fourth-order valence-corrected chi connectivity index (χ4v) is 4.27. The van der Waals surface area contributed by atoms with Crippen LogP contribution < -0.4 is 10.1 Å². The Labute approximate surface area is 150 Å². The maximum Gasteiger partial charge on any atom is 0.255 e. The molecule has 1 heterocycles. The van der Waals surface area contributed by atoms with Crippen molar-refractivity contribution in [3.05, 3.63) is 23.8 Å². The van der Waals surface area contributed by atoms with Gasteiger partial charge in [-0.15, -0.1) is 0 Å². The Morgan fingerprint density at radius 1 is 1.16 bits per heavy atom. The molecule has 1 N–H and O–H groups in total. The first-order chi connectivity index (χ1) is 11.8. The molecule has 1 amide bonds. The Bertz CT molecular complexity index is 710. The summed E-state index contributed by atoms with van der Waals surface area (Å²) in [4.78, 5) is 12.7. The zero-order valence-electron chi connectivity index (χ0n) is 15.4. The number of amides is 1. The van der Waals surface area contributed by atoms with Gasteiger partial charge in [0.15, 0.2) is 0 Å². The summed E-state index contributed by atoms with van der Waals surface area (Å²) < 4.78 is 32.4. The number of hydrogen-bond donors (Lipinski definition) is 1. The van der Waals surface area contributed by atoms with Gasteiger partial charge in [-0.3, -0.25) is 4.79 Å². The van der Waals surface area contributed by atoms with E-state index in [1.165, 1.54) is 23.5 Å². The van der Waals surface area contributed by atoms with Crippen molar-refractivity contribution >= 4 is 15.9 Å². The molecule has 0 bridgehead atoms. The van der Waals surface area contributed by atoms with E-state index in [-0.39, 0.29) is 28.3 Å². The number of methoxy groups -OCH3 is 1. The van der Waals surface area contributed by atoms with Crippen LogP contribution in [0, 0.1) is 5.92 Å². The molecule has 0 radical (unpaired) electrons. The molecule has 0 unspecified atom stereocenters. The van der Waals surface area contributed by atoms with Crippen LogP contribution in [0.2, 0.25) is 0 Å². The highest BCUT2D eigenvalue weighted by Crippen LogP contribution is 2.26. The highest BCUT2D eigenvalue weighted by atomic mass is 32.2. The third-order valence-corrected chi connectivity index (χ3v) is 6.62. The SMILES string of the molecule is COc1ccc(S(=O)(=O)N2CCCCC2)cc1C(=O)N[C@@H](C)C(C)C. The molecule has 1 saturated heterocycles. The van der Waals surface area contributed by atoms with E-state index in [1.807, 2.05) is 20.8 Å². The van der Waals surface area contributed by atoms with Crippen LogP contribution in [0.15, 0.2) is 23.1 Å². The monoisotopic (exact) mass is 368 g/mol. The molecule has 2 rings (SSSR count). The molecule has 1 aromatic rings. The van der Waals surface area contributed by atoms with Crippen LogP contribution in [0.1, 0.15) is 50.4 Å². The summed E-state index contributed by atoms with van der Waals surface area (Å²) in [5, 5.41) is 2.90. The molecule has 1 fully saturated rings. The highest BCUT2D eigenvalue weighted by Gasteiger charge is 2.28. The van der Waals surface area contributed by atoms with E-state index in [1.54, 1.807) is 6.07 Å². The number of rotatable bonds is 6. The molecule has 1 aliphatic rings. The molecular weight excluding hydrogens is 340 g/mol. The number of carbonyl (C=O) groups excluding carboxylic acids is 1. The van der Waals surface area contributed by atoms with E-state index < -0.39 is 10.0 Å². The lowest BCUT2D eigenvalue weighted by atomic mass is 10.1. The van der Waals surface area contributed by atoms with Crippen molar-refractivity contribution in [3.8, 4) is 5.75 Å². The molecule has 1 atom stereocenters. The molecule has 1 aromatic carbocycles. The van der Waals surface area contributed by atoms with E-state index in [0.717, 1.165) is 19.3 Å². The van der Waals surface area contributed by atoms with Crippen molar-refractivity contribution in [2.75, 3.05) is 20.2 Å². The van der Waals surface area contributed by atoms with Gasteiger partial charge in [0, 0.05) is 19.1 Å². The molecule has 7 heteroatoms. The molecule has 0 spiro atoms. The van der Waals surface area contributed by atoms with Crippen molar-refractivity contribution in [2.24, 2.45) is 5.92 Å². The molecule has 0 aromatic heterocycles. The third kappa shape index (κ3) is 4.52. The minimum Gasteiger partial charge on any atom is -0.496 e. The minimum atomic E-state index is -3.59. The lowest BCUT2D eigenvalue weighted by molar-refractivity contribution is 0.0927. The standard InChI is InChI=1S/C18H28N2O4S/c1-13(2)14(3)19-18(21)16-12-15(8-9-17(16)24-4)25(22,23)20-10-6-5-7-11-20/h8-9,12-14H,5-7,10-11H2,1-4H3,(H,19,21)/t14-/m0/s1. The van der Waals surface area contributed by atoms with Crippen molar-refractivity contribution in [2.45, 2.75) is 51.0 Å². The Hall–Kier alpha value is -1.60. The number of carbonyl (C=O) groups is 1. The van der Waals surface area contributed by atoms with Crippen LogP contribution in [0.5, 0.6) is 5.75 Å². The second kappa shape index (κ2) is 8.19. The summed E-state index contributed by atoms with van der Waals surface area (Å²) in [7, 11) is -2.12. The smallest absolute Gasteiger partial charge is 0.255 e. The van der Waals surface area contributed by atoms with Gasteiger partial charge in [0.2, 0.25) is 10.0 Å². The first kappa shape index (κ1) is 19.7. The zero-order chi connectivity index (χ0) is 18.6. The summed E-state index contributed by atoms with van der Waals surface area (Å²) in [5.41, 5.74) is 0.244. The predicted octanol–water partition coefficient (Wildman–Crippen LogP) is 2.64. The molecule has 0 aliphatic carbocycles. The highest BCUT2D eigenvalue weighted by molar-refractivity contribution is 7.89. The fourth-order valence-electron chi connectivity index (χ4n) is 2.73. The number of benzene rings is 1. The fraction of sp³-hybridized carbons (Fsp3) is 0.611. The van der Waals surface area contributed by atoms with Crippen LogP contribution >= 0.6 is 0 Å². The van der Waals surface area contributed by atoms with Crippen molar-refractivity contribution < 1.29 is 17.9 Å². The number of nitrogens with zero attached hydrogens (tertiary/aromatic N) is 1. The van der Waals surface area contributed by atoms with Crippen LogP contribution in [0.4, 0.5) is 0 Å². The Morgan fingerprint density at radius 2 is 1.80 bits per heavy atom. The number of hydrogen-bond acceptors (Lipinski definition) is 4. The van der Waals surface area contributed by atoms with Gasteiger partial charge < -0.3 is 10.1 Å². The van der Waals surface area contributed by atoms with Crippen LogP contribution in [-0.2, 0) is 10.0 Å². The van der Waals surface area contributed by atoms with Crippen molar-refractivity contribution in [1.29, 1.82) is 0 Å². The first-order valence-corrected chi connectivity index (χ1v) is 10.2. The lowest BCUT2D eigenvalue weighted by Crippen LogP contribution is -2.37. The topological polar surface area (TPSA) is 75.7 Å².